The second-order valence-electron chi connectivity index (χ2n) is 5.47. The number of non-ortho nitro benzene ring substituents is 1. The van der Waals surface area contributed by atoms with Crippen LogP contribution in [0.25, 0.3) is 22.4 Å². The molecule has 2 aromatic carbocycles. The van der Waals surface area contributed by atoms with Crippen molar-refractivity contribution in [3.8, 4) is 0 Å². The molecule has 0 fully saturated rings. The van der Waals surface area contributed by atoms with Gasteiger partial charge in [0.05, 0.1) is 10.4 Å². The molecule has 9 heteroatoms. The van der Waals surface area contributed by atoms with E-state index in [0.717, 1.165) is 6.07 Å². The monoisotopic (exact) mass is 391 g/mol. The normalized spacial score (nSPS) is 12.1. The van der Waals surface area contributed by atoms with E-state index in [0.29, 0.717) is 10.6 Å². The zero-order chi connectivity index (χ0) is 19.0. The van der Waals surface area contributed by atoms with Gasteiger partial charge in [-0.1, -0.05) is 23.2 Å². The number of allylic oxidation sites excluding steroid dienone is 1. The summed E-state index contributed by atoms with van der Waals surface area (Å²) in [6.07, 6.45) is 0. The quantitative estimate of drug-likeness (QED) is 0.385. The van der Waals surface area contributed by atoms with Crippen molar-refractivity contribution in [1.29, 1.82) is 0 Å². The van der Waals surface area contributed by atoms with E-state index >= 15 is 0 Å². The highest BCUT2D eigenvalue weighted by atomic mass is 35.5. The molecule has 0 bridgehead atoms. The van der Waals surface area contributed by atoms with Crippen molar-refractivity contribution in [3.63, 3.8) is 0 Å². The number of nitrogens with one attached hydrogen (secondary N) is 1. The van der Waals surface area contributed by atoms with Crippen molar-refractivity contribution in [2.75, 3.05) is 0 Å². The van der Waals surface area contributed by atoms with E-state index in [1.807, 2.05) is 0 Å². The lowest BCUT2D eigenvalue weighted by Gasteiger charge is -2.08. The Labute approximate surface area is 156 Å². The SMILES string of the molecule is CC(=C(O)c1ccc(Cl)cc1)c1nc2cc(Cl)cc([N+](=O)[O-])c2[nH]c1=O. The lowest BCUT2D eigenvalue weighted by Crippen LogP contribution is -2.15. The van der Waals surface area contributed by atoms with Crippen molar-refractivity contribution in [2.45, 2.75) is 6.92 Å². The van der Waals surface area contributed by atoms with Crippen LogP contribution < -0.4 is 5.56 Å². The fourth-order valence-electron chi connectivity index (χ4n) is 2.47. The zero-order valence-electron chi connectivity index (χ0n) is 13.3. The maximum absolute atomic E-state index is 12.4. The number of nitrogens with zero attached hydrogens (tertiary/aromatic N) is 2. The topological polar surface area (TPSA) is 109 Å². The van der Waals surface area contributed by atoms with Crippen LogP contribution in [0.3, 0.4) is 0 Å². The molecule has 0 spiro atoms. The minimum Gasteiger partial charge on any atom is -0.507 e. The molecule has 1 aromatic heterocycles. The van der Waals surface area contributed by atoms with Gasteiger partial charge in [-0.25, -0.2) is 4.98 Å². The largest absolute Gasteiger partial charge is 0.507 e. The summed E-state index contributed by atoms with van der Waals surface area (Å²) in [6.45, 7) is 1.52. The van der Waals surface area contributed by atoms with Gasteiger partial charge in [0, 0.05) is 27.2 Å². The summed E-state index contributed by atoms with van der Waals surface area (Å²) in [5, 5.41) is 22.2. The number of aliphatic hydroxyl groups excluding tert-OH is 1. The second-order valence-corrected chi connectivity index (χ2v) is 6.34. The van der Waals surface area contributed by atoms with Crippen LogP contribution in [0.2, 0.25) is 10.0 Å². The Morgan fingerprint density at radius 1 is 1.19 bits per heavy atom. The molecule has 3 rings (SSSR count). The fourth-order valence-corrected chi connectivity index (χ4v) is 2.81. The average molecular weight is 392 g/mol. The standard InChI is InChI=1S/C17H11Cl2N3O4/c1-8(16(23)9-2-4-10(18)5-3-9)14-17(24)21-15-12(20-14)6-11(19)7-13(15)22(25)26/h2-7,23H,1H3,(H,21,24). The molecule has 0 aliphatic rings. The summed E-state index contributed by atoms with van der Waals surface area (Å²) in [5.74, 6) is -0.157. The number of fused-ring (bicyclic) bond motifs is 1. The first-order valence-corrected chi connectivity index (χ1v) is 8.07. The van der Waals surface area contributed by atoms with Crippen molar-refractivity contribution >= 4 is 51.3 Å². The number of aromatic nitrogens is 2. The van der Waals surface area contributed by atoms with Gasteiger partial charge in [0.15, 0.2) is 0 Å². The van der Waals surface area contributed by atoms with Gasteiger partial charge in [0.2, 0.25) is 0 Å². The summed E-state index contributed by atoms with van der Waals surface area (Å²) >= 11 is 11.7. The third-order valence-electron chi connectivity index (χ3n) is 3.77. The molecule has 0 aliphatic carbocycles. The number of aliphatic hydroxyl groups is 1. The maximum Gasteiger partial charge on any atom is 0.296 e. The van der Waals surface area contributed by atoms with E-state index in [1.54, 1.807) is 24.3 Å². The molecule has 0 aliphatic heterocycles. The Morgan fingerprint density at radius 3 is 2.46 bits per heavy atom. The Hall–Kier alpha value is -2.90. The molecule has 7 nitrogen and oxygen atoms in total. The molecule has 2 N–H and O–H groups in total. The highest BCUT2D eigenvalue weighted by Crippen LogP contribution is 2.28. The first-order chi connectivity index (χ1) is 12.3. The van der Waals surface area contributed by atoms with Gasteiger partial charge in [-0.05, 0) is 37.3 Å². The first-order valence-electron chi connectivity index (χ1n) is 7.32. The predicted molar refractivity (Wildman–Crippen MR) is 101 cm³/mol. The van der Waals surface area contributed by atoms with Crippen LogP contribution in [0, 0.1) is 10.1 Å². The van der Waals surface area contributed by atoms with Crippen LogP contribution in [0.4, 0.5) is 5.69 Å². The highest BCUT2D eigenvalue weighted by molar-refractivity contribution is 6.31. The van der Waals surface area contributed by atoms with Gasteiger partial charge < -0.3 is 10.1 Å². The number of hydrogen-bond donors (Lipinski definition) is 2. The smallest absolute Gasteiger partial charge is 0.296 e. The number of nitro benzene ring substituents is 1. The molecule has 0 saturated carbocycles. The van der Waals surface area contributed by atoms with Gasteiger partial charge in [0.25, 0.3) is 11.2 Å². The number of nitro groups is 1. The molecule has 1 heterocycles. The predicted octanol–water partition coefficient (Wildman–Crippen LogP) is 4.58. The van der Waals surface area contributed by atoms with E-state index in [9.17, 15) is 20.0 Å². The Kier molecular flexibility index (Phi) is 4.67. The van der Waals surface area contributed by atoms with Crippen LogP contribution in [-0.2, 0) is 0 Å². The number of rotatable bonds is 3. The van der Waals surface area contributed by atoms with Gasteiger partial charge in [-0.2, -0.15) is 0 Å². The van der Waals surface area contributed by atoms with E-state index in [2.05, 4.69) is 9.97 Å². The maximum atomic E-state index is 12.4. The molecule has 0 radical (unpaired) electrons. The van der Waals surface area contributed by atoms with Crippen molar-refractivity contribution < 1.29 is 10.0 Å². The van der Waals surface area contributed by atoms with Gasteiger partial charge in [0.1, 0.15) is 17.0 Å². The third kappa shape index (κ3) is 3.26. The average Bonchev–Trinajstić information content (AvgIpc) is 2.60. The number of benzene rings is 2. The summed E-state index contributed by atoms with van der Waals surface area (Å²) < 4.78 is 0. The Morgan fingerprint density at radius 2 is 1.85 bits per heavy atom. The second kappa shape index (κ2) is 6.78. The summed E-state index contributed by atoms with van der Waals surface area (Å²) in [6, 6.07) is 8.92. The number of H-pyrrole nitrogens is 1. The van der Waals surface area contributed by atoms with Gasteiger partial charge in [-0.15, -0.1) is 0 Å². The van der Waals surface area contributed by atoms with Gasteiger partial charge >= 0.3 is 0 Å². The lowest BCUT2D eigenvalue weighted by atomic mass is 10.1. The summed E-state index contributed by atoms with van der Waals surface area (Å²) in [4.78, 5) is 29.5. The molecular formula is C17H11Cl2N3O4. The Balaban J connectivity index is 2.23. The minimum absolute atomic E-state index is 0.0352. The van der Waals surface area contributed by atoms with Crippen molar-refractivity contribution in [1.82, 2.24) is 9.97 Å². The molecule has 0 saturated heterocycles. The van der Waals surface area contributed by atoms with Crippen LogP contribution in [-0.4, -0.2) is 20.0 Å². The summed E-state index contributed by atoms with van der Waals surface area (Å²) in [5.41, 5.74) is -0.327. The minimum atomic E-state index is -0.666. The molecular weight excluding hydrogens is 381 g/mol. The van der Waals surface area contributed by atoms with Gasteiger partial charge in [-0.3, -0.25) is 14.9 Å². The van der Waals surface area contributed by atoms with Crippen LogP contribution >= 0.6 is 23.2 Å². The van der Waals surface area contributed by atoms with E-state index < -0.39 is 10.5 Å². The molecule has 0 unspecified atom stereocenters. The number of aromatic amines is 1. The van der Waals surface area contributed by atoms with Crippen LogP contribution in [0.1, 0.15) is 18.2 Å². The van der Waals surface area contributed by atoms with E-state index in [4.69, 9.17) is 23.2 Å². The summed E-state index contributed by atoms with van der Waals surface area (Å²) in [7, 11) is 0. The number of hydrogen-bond acceptors (Lipinski definition) is 5. The highest BCUT2D eigenvalue weighted by Gasteiger charge is 2.19. The number of halogens is 2. The molecule has 3 aromatic rings. The first kappa shape index (κ1) is 17.9. The van der Waals surface area contributed by atoms with Crippen LogP contribution in [0.15, 0.2) is 41.2 Å². The van der Waals surface area contributed by atoms with Crippen LogP contribution in [0.5, 0.6) is 0 Å². The molecule has 26 heavy (non-hydrogen) atoms. The van der Waals surface area contributed by atoms with E-state index in [-0.39, 0.29) is 38.8 Å². The molecule has 0 amide bonds. The van der Waals surface area contributed by atoms with Crippen molar-refractivity contribution in [2.24, 2.45) is 0 Å². The molecule has 0 atom stereocenters. The lowest BCUT2D eigenvalue weighted by molar-refractivity contribution is -0.383. The third-order valence-corrected chi connectivity index (χ3v) is 4.24. The fraction of sp³-hybridized carbons (Fsp3) is 0.0588. The Bertz CT molecular complexity index is 1120. The zero-order valence-corrected chi connectivity index (χ0v) is 14.8. The molecule has 132 valence electrons. The van der Waals surface area contributed by atoms with E-state index in [1.165, 1.54) is 13.0 Å². The van der Waals surface area contributed by atoms with Crippen molar-refractivity contribution in [3.05, 3.63) is 78.2 Å².